The maximum absolute atomic E-state index is 3.59. The summed E-state index contributed by atoms with van der Waals surface area (Å²) < 4.78 is 3.41. The van der Waals surface area contributed by atoms with Crippen LogP contribution in [0, 0.1) is 0 Å². The zero-order valence-electron chi connectivity index (χ0n) is 13.0. The van der Waals surface area contributed by atoms with Gasteiger partial charge in [-0.2, -0.15) is 0 Å². The maximum atomic E-state index is 3.59. The van der Waals surface area contributed by atoms with E-state index in [9.17, 15) is 0 Å². The molecular formula is C17H24BrN3. The Kier molecular flexibility index (Phi) is 4.67. The van der Waals surface area contributed by atoms with Crippen molar-refractivity contribution in [1.29, 1.82) is 0 Å². The van der Waals surface area contributed by atoms with Gasteiger partial charge in [-0.3, -0.25) is 0 Å². The van der Waals surface area contributed by atoms with E-state index < -0.39 is 0 Å². The number of hydrogen-bond donors (Lipinski definition) is 0. The molecule has 1 aromatic carbocycles. The maximum Gasteiger partial charge on any atom is 0.0481 e. The van der Waals surface area contributed by atoms with Crippen LogP contribution in [0.4, 0.5) is 0 Å². The number of piperazine rings is 1. The van der Waals surface area contributed by atoms with Crippen LogP contribution in [-0.4, -0.2) is 54.1 Å². The van der Waals surface area contributed by atoms with E-state index in [1.165, 1.54) is 66.5 Å². The highest BCUT2D eigenvalue weighted by molar-refractivity contribution is 9.10. The average Bonchev–Trinajstić information content (AvgIpc) is 2.77. The van der Waals surface area contributed by atoms with Gasteiger partial charge in [0.2, 0.25) is 0 Å². The molecule has 0 amide bonds. The fourth-order valence-corrected chi connectivity index (χ4v) is 3.57. The molecular weight excluding hydrogens is 326 g/mol. The molecule has 1 aliphatic heterocycles. The summed E-state index contributed by atoms with van der Waals surface area (Å²) in [5.41, 5.74) is 2.80. The Hall–Kier alpha value is -0.840. The third kappa shape index (κ3) is 3.50. The van der Waals surface area contributed by atoms with Crippen molar-refractivity contribution >= 4 is 26.8 Å². The first-order valence-electron chi connectivity index (χ1n) is 7.78. The lowest BCUT2D eigenvalue weighted by Crippen LogP contribution is -2.44. The van der Waals surface area contributed by atoms with E-state index in [0.717, 1.165) is 0 Å². The Balaban J connectivity index is 1.62. The second-order valence-corrected chi connectivity index (χ2v) is 7.09. The van der Waals surface area contributed by atoms with Crippen LogP contribution in [0.3, 0.4) is 0 Å². The smallest absolute Gasteiger partial charge is 0.0481 e. The molecule has 1 saturated heterocycles. The second-order valence-electron chi connectivity index (χ2n) is 6.18. The van der Waals surface area contributed by atoms with Crippen LogP contribution in [0.2, 0.25) is 0 Å². The number of hydrogen-bond acceptors (Lipinski definition) is 2. The standard InChI is InChI=1S/C17H24BrN3/c1-19-8-10-21(11-9-19)7-3-4-14-13-20(2)17-6-5-15(18)12-16(14)17/h5-6,12-13H,3-4,7-11H2,1-2H3. The molecule has 4 heteroatoms. The van der Waals surface area contributed by atoms with Crippen LogP contribution in [0.1, 0.15) is 12.0 Å². The molecule has 2 heterocycles. The highest BCUT2D eigenvalue weighted by atomic mass is 79.9. The van der Waals surface area contributed by atoms with Crippen molar-refractivity contribution in [2.24, 2.45) is 7.05 Å². The number of rotatable bonds is 4. The molecule has 21 heavy (non-hydrogen) atoms. The molecule has 0 atom stereocenters. The van der Waals surface area contributed by atoms with Gasteiger partial charge in [-0.1, -0.05) is 15.9 Å². The second kappa shape index (κ2) is 6.51. The van der Waals surface area contributed by atoms with Gasteiger partial charge < -0.3 is 14.4 Å². The Morgan fingerprint density at radius 2 is 1.86 bits per heavy atom. The molecule has 0 bridgehead atoms. The van der Waals surface area contributed by atoms with Gasteiger partial charge in [0.25, 0.3) is 0 Å². The van der Waals surface area contributed by atoms with Gasteiger partial charge in [-0.05, 0) is 50.2 Å². The normalized spacial score (nSPS) is 17.7. The Bertz CT molecular complexity index is 612. The number of aryl methyl sites for hydroxylation is 2. The lowest BCUT2D eigenvalue weighted by molar-refractivity contribution is 0.153. The minimum Gasteiger partial charge on any atom is -0.350 e. The summed E-state index contributed by atoms with van der Waals surface area (Å²) in [6.45, 7) is 6.08. The van der Waals surface area contributed by atoms with E-state index in [0.29, 0.717) is 0 Å². The predicted octanol–water partition coefficient (Wildman–Crippen LogP) is 3.12. The predicted molar refractivity (Wildman–Crippen MR) is 92.9 cm³/mol. The summed E-state index contributed by atoms with van der Waals surface area (Å²) in [5.74, 6) is 0. The van der Waals surface area contributed by atoms with Crippen molar-refractivity contribution in [3.63, 3.8) is 0 Å². The fraction of sp³-hybridized carbons (Fsp3) is 0.529. The first-order valence-corrected chi connectivity index (χ1v) is 8.57. The van der Waals surface area contributed by atoms with Gasteiger partial charge in [0.05, 0.1) is 0 Å². The van der Waals surface area contributed by atoms with E-state index in [-0.39, 0.29) is 0 Å². The van der Waals surface area contributed by atoms with Crippen LogP contribution < -0.4 is 0 Å². The first-order chi connectivity index (χ1) is 10.1. The van der Waals surface area contributed by atoms with Crippen LogP contribution in [0.15, 0.2) is 28.9 Å². The van der Waals surface area contributed by atoms with E-state index >= 15 is 0 Å². The number of halogens is 1. The van der Waals surface area contributed by atoms with Crippen LogP contribution >= 0.6 is 15.9 Å². The largest absolute Gasteiger partial charge is 0.350 e. The van der Waals surface area contributed by atoms with Gasteiger partial charge in [0.1, 0.15) is 0 Å². The SMILES string of the molecule is CN1CCN(CCCc2cn(C)c3ccc(Br)cc23)CC1. The molecule has 1 aliphatic rings. The highest BCUT2D eigenvalue weighted by Gasteiger charge is 2.13. The van der Waals surface area contributed by atoms with Crippen LogP contribution in [0.25, 0.3) is 10.9 Å². The molecule has 0 spiro atoms. The van der Waals surface area contributed by atoms with E-state index in [1.807, 2.05) is 0 Å². The van der Waals surface area contributed by atoms with Crippen molar-refractivity contribution in [1.82, 2.24) is 14.4 Å². The third-order valence-corrected chi connectivity index (χ3v) is 5.04. The molecule has 0 radical (unpaired) electrons. The molecule has 1 fully saturated rings. The lowest BCUT2D eigenvalue weighted by Gasteiger charge is -2.32. The molecule has 114 valence electrons. The Morgan fingerprint density at radius 1 is 1.10 bits per heavy atom. The minimum atomic E-state index is 1.17. The summed E-state index contributed by atoms with van der Waals surface area (Å²) in [4.78, 5) is 5.01. The molecule has 0 N–H and O–H groups in total. The number of benzene rings is 1. The van der Waals surface area contributed by atoms with Crippen molar-refractivity contribution in [2.75, 3.05) is 39.8 Å². The zero-order valence-corrected chi connectivity index (χ0v) is 14.6. The van der Waals surface area contributed by atoms with Gasteiger partial charge in [-0.15, -0.1) is 0 Å². The number of aromatic nitrogens is 1. The highest BCUT2D eigenvalue weighted by Crippen LogP contribution is 2.25. The summed E-state index contributed by atoms with van der Waals surface area (Å²) >= 11 is 3.59. The van der Waals surface area contributed by atoms with Crippen molar-refractivity contribution in [3.05, 3.63) is 34.4 Å². The van der Waals surface area contributed by atoms with Crippen molar-refractivity contribution < 1.29 is 0 Å². The molecule has 2 aromatic rings. The molecule has 1 aromatic heterocycles. The average molecular weight is 350 g/mol. The molecule has 3 nitrogen and oxygen atoms in total. The number of likely N-dealkylation sites (N-methyl/N-ethyl adjacent to an activating group) is 1. The number of fused-ring (bicyclic) bond motifs is 1. The lowest BCUT2D eigenvalue weighted by atomic mass is 10.1. The van der Waals surface area contributed by atoms with Gasteiger partial charge in [0, 0.05) is 54.8 Å². The van der Waals surface area contributed by atoms with Crippen LogP contribution in [-0.2, 0) is 13.5 Å². The van der Waals surface area contributed by atoms with E-state index in [2.05, 4.69) is 68.8 Å². The fourth-order valence-electron chi connectivity index (χ4n) is 3.21. The monoisotopic (exact) mass is 349 g/mol. The Morgan fingerprint density at radius 3 is 2.62 bits per heavy atom. The Labute approximate surface area is 135 Å². The van der Waals surface area contributed by atoms with Gasteiger partial charge >= 0.3 is 0 Å². The van der Waals surface area contributed by atoms with Crippen molar-refractivity contribution in [3.8, 4) is 0 Å². The van der Waals surface area contributed by atoms with Gasteiger partial charge in [0.15, 0.2) is 0 Å². The summed E-state index contributed by atoms with van der Waals surface area (Å²) in [5, 5.41) is 1.39. The summed E-state index contributed by atoms with van der Waals surface area (Å²) in [6.07, 6.45) is 4.70. The van der Waals surface area contributed by atoms with Crippen molar-refractivity contribution in [2.45, 2.75) is 12.8 Å². The quantitative estimate of drug-likeness (QED) is 0.840. The molecule has 3 rings (SSSR count). The molecule has 0 unspecified atom stereocenters. The number of nitrogens with zero attached hydrogens (tertiary/aromatic N) is 3. The first kappa shape index (κ1) is 15.1. The molecule has 0 aliphatic carbocycles. The van der Waals surface area contributed by atoms with Gasteiger partial charge in [-0.25, -0.2) is 0 Å². The summed E-state index contributed by atoms with van der Waals surface area (Å²) in [6, 6.07) is 6.57. The van der Waals surface area contributed by atoms with E-state index in [1.54, 1.807) is 0 Å². The van der Waals surface area contributed by atoms with Crippen LogP contribution in [0.5, 0.6) is 0 Å². The third-order valence-electron chi connectivity index (χ3n) is 4.55. The summed E-state index contributed by atoms with van der Waals surface area (Å²) in [7, 11) is 4.35. The van der Waals surface area contributed by atoms with E-state index in [4.69, 9.17) is 0 Å². The topological polar surface area (TPSA) is 11.4 Å². The molecule has 0 saturated carbocycles. The minimum absolute atomic E-state index is 1.17. The zero-order chi connectivity index (χ0) is 14.8.